The van der Waals surface area contributed by atoms with E-state index in [4.69, 9.17) is 14.2 Å². The van der Waals surface area contributed by atoms with Gasteiger partial charge in [-0.15, -0.1) is 0 Å². The van der Waals surface area contributed by atoms with E-state index in [9.17, 15) is 13.2 Å². The zero-order valence-corrected chi connectivity index (χ0v) is 14.2. The van der Waals surface area contributed by atoms with Gasteiger partial charge in [-0.3, -0.25) is 4.72 Å². The Morgan fingerprint density at radius 1 is 1.20 bits per heavy atom. The average molecular weight is 364 g/mol. The van der Waals surface area contributed by atoms with Crippen LogP contribution < -0.4 is 14.2 Å². The third-order valence-electron chi connectivity index (χ3n) is 3.32. The summed E-state index contributed by atoms with van der Waals surface area (Å²) in [6.45, 7) is 2.71. The minimum Gasteiger partial charge on any atom is -0.486 e. The maximum absolute atomic E-state index is 12.5. The van der Waals surface area contributed by atoms with Gasteiger partial charge in [0, 0.05) is 6.07 Å². The SMILES string of the molecule is CCOC(=O)c1ccc(NS(=O)(=O)c2ccc3c(c2)OCCO3)cn1. The summed E-state index contributed by atoms with van der Waals surface area (Å²) in [4.78, 5) is 15.5. The molecule has 0 saturated carbocycles. The molecule has 1 aromatic carbocycles. The fraction of sp³-hybridized carbons (Fsp3) is 0.250. The molecule has 2 heterocycles. The summed E-state index contributed by atoms with van der Waals surface area (Å²) in [5, 5.41) is 0. The second-order valence-corrected chi connectivity index (χ2v) is 6.75. The van der Waals surface area contributed by atoms with Crippen LogP contribution in [0.3, 0.4) is 0 Å². The highest BCUT2D eigenvalue weighted by Crippen LogP contribution is 2.32. The lowest BCUT2D eigenvalue weighted by Gasteiger charge is -2.19. The first-order chi connectivity index (χ1) is 12.0. The minimum atomic E-state index is -3.83. The number of nitrogens with zero attached hydrogens (tertiary/aromatic N) is 1. The van der Waals surface area contributed by atoms with Gasteiger partial charge < -0.3 is 14.2 Å². The van der Waals surface area contributed by atoms with Gasteiger partial charge in [-0.05, 0) is 31.2 Å². The zero-order chi connectivity index (χ0) is 17.9. The van der Waals surface area contributed by atoms with Crippen molar-refractivity contribution in [2.24, 2.45) is 0 Å². The van der Waals surface area contributed by atoms with E-state index in [0.717, 1.165) is 0 Å². The van der Waals surface area contributed by atoms with Crippen molar-refractivity contribution in [1.29, 1.82) is 0 Å². The molecule has 1 aliphatic rings. The van der Waals surface area contributed by atoms with Gasteiger partial charge in [0.2, 0.25) is 0 Å². The average Bonchev–Trinajstić information content (AvgIpc) is 2.62. The number of rotatable bonds is 5. The maximum Gasteiger partial charge on any atom is 0.356 e. The lowest BCUT2D eigenvalue weighted by molar-refractivity contribution is 0.0519. The molecule has 0 fully saturated rings. The standard InChI is InChI=1S/C16H16N2O6S/c1-2-22-16(19)13-5-3-11(10-17-13)18-25(20,21)12-4-6-14-15(9-12)24-8-7-23-14/h3-6,9-10,18H,2,7-8H2,1H3. The maximum atomic E-state index is 12.5. The molecule has 25 heavy (non-hydrogen) atoms. The molecule has 0 radical (unpaired) electrons. The van der Waals surface area contributed by atoms with Crippen LogP contribution in [-0.4, -0.2) is 39.2 Å². The van der Waals surface area contributed by atoms with Crippen LogP contribution in [0.4, 0.5) is 5.69 Å². The quantitative estimate of drug-likeness (QED) is 0.807. The molecule has 0 saturated heterocycles. The van der Waals surface area contributed by atoms with E-state index >= 15 is 0 Å². The predicted molar refractivity (Wildman–Crippen MR) is 88.4 cm³/mol. The molecule has 1 aromatic heterocycles. The first kappa shape index (κ1) is 17.0. The first-order valence-electron chi connectivity index (χ1n) is 7.55. The highest BCUT2D eigenvalue weighted by molar-refractivity contribution is 7.92. The molecule has 1 N–H and O–H groups in total. The Morgan fingerprint density at radius 3 is 2.64 bits per heavy atom. The molecule has 3 rings (SSSR count). The van der Waals surface area contributed by atoms with E-state index in [1.54, 1.807) is 13.0 Å². The summed E-state index contributed by atoms with van der Waals surface area (Å²) in [7, 11) is -3.83. The number of carbonyl (C=O) groups excluding carboxylic acids is 1. The number of esters is 1. The number of aromatic nitrogens is 1. The number of pyridine rings is 1. The Kier molecular flexibility index (Phi) is 4.75. The largest absolute Gasteiger partial charge is 0.486 e. The lowest BCUT2D eigenvalue weighted by Crippen LogP contribution is -2.17. The van der Waals surface area contributed by atoms with Crippen molar-refractivity contribution in [3.8, 4) is 11.5 Å². The Balaban J connectivity index is 1.78. The molecule has 0 unspecified atom stereocenters. The predicted octanol–water partition coefficient (Wildman–Crippen LogP) is 1.83. The second kappa shape index (κ2) is 6.98. The van der Waals surface area contributed by atoms with E-state index in [2.05, 4.69) is 9.71 Å². The minimum absolute atomic E-state index is 0.0335. The van der Waals surface area contributed by atoms with Crippen molar-refractivity contribution in [3.05, 3.63) is 42.2 Å². The van der Waals surface area contributed by atoms with Gasteiger partial charge >= 0.3 is 5.97 Å². The number of hydrogen-bond donors (Lipinski definition) is 1. The number of benzene rings is 1. The van der Waals surface area contributed by atoms with Gasteiger partial charge in [0.25, 0.3) is 10.0 Å². The van der Waals surface area contributed by atoms with Gasteiger partial charge in [0.05, 0.1) is 23.4 Å². The number of fused-ring (bicyclic) bond motifs is 1. The topological polar surface area (TPSA) is 104 Å². The lowest BCUT2D eigenvalue weighted by atomic mass is 10.3. The second-order valence-electron chi connectivity index (χ2n) is 5.06. The molecule has 0 atom stereocenters. The smallest absolute Gasteiger partial charge is 0.356 e. The van der Waals surface area contributed by atoms with Crippen LogP contribution in [-0.2, 0) is 14.8 Å². The zero-order valence-electron chi connectivity index (χ0n) is 13.4. The van der Waals surface area contributed by atoms with Crippen molar-refractivity contribution in [1.82, 2.24) is 4.98 Å². The van der Waals surface area contributed by atoms with Crippen molar-refractivity contribution in [2.75, 3.05) is 24.5 Å². The third-order valence-corrected chi connectivity index (χ3v) is 4.70. The molecule has 0 spiro atoms. The van der Waals surface area contributed by atoms with Crippen LogP contribution in [0.15, 0.2) is 41.4 Å². The van der Waals surface area contributed by atoms with E-state index in [-0.39, 0.29) is 22.9 Å². The summed E-state index contributed by atoms with van der Waals surface area (Å²) in [6.07, 6.45) is 1.25. The van der Waals surface area contributed by atoms with Crippen molar-refractivity contribution in [3.63, 3.8) is 0 Å². The Morgan fingerprint density at radius 2 is 1.96 bits per heavy atom. The van der Waals surface area contributed by atoms with Gasteiger partial charge in [-0.2, -0.15) is 0 Å². The van der Waals surface area contributed by atoms with E-state index in [0.29, 0.717) is 24.7 Å². The highest BCUT2D eigenvalue weighted by Gasteiger charge is 2.20. The summed E-state index contributed by atoms with van der Waals surface area (Å²) in [5.41, 5.74) is 0.326. The highest BCUT2D eigenvalue weighted by atomic mass is 32.2. The molecule has 132 valence electrons. The molecular weight excluding hydrogens is 348 g/mol. The Hall–Kier alpha value is -2.81. The van der Waals surface area contributed by atoms with Crippen molar-refractivity contribution < 1.29 is 27.4 Å². The molecule has 8 nitrogen and oxygen atoms in total. The van der Waals surface area contributed by atoms with Crippen LogP contribution in [0.2, 0.25) is 0 Å². The van der Waals surface area contributed by atoms with Gasteiger partial charge in [-0.25, -0.2) is 18.2 Å². The Bertz CT molecular complexity index is 880. The summed E-state index contributed by atoms with van der Waals surface area (Å²) < 4.78 is 43.0. The van der Waals surface area contributed by atoms with E-state index < -0.39 is 16.0 Å². The molecule has 0 bridgehead atoms. The number of anilines is 1. The van der Waals surface area contributed by atoms with Crippen molar-refractivity contribution in [2.45, 2.75) is 11.8 Å². The molecular formula is C16H16N2O6S. The van der Waals surface area contributed by atoms with Crippen LogP contribution in [0, 0.1) is 0 Å². The number of sulfonamides is 1. The normalized spacial score (nSPS) is 13.2. The number of ether oxygens (including phenoxy) is 3. The van der Waals surface area contributed by atoms with Gasteiger partial charge in [0.15, 0.2) is 11.5 Å². The number of carbonyl (C=O) groups is 1. The van der Waals surface area contributed by atoms with Crippen LogP contribution in [0.5, 0.6) is 11.5 Å². The summed E-state index contributed by atoms with van der Waals surface area (Å²) >= 11 is 0. The monoisotopic (exact) mass is 364 g/mol. The van der Waals surface area contributed by atoms with Crippen molar-refractivity contribution >= 4 is 21.7 Å². The van der Waals surface area contributed by atoms with Crippen LogP contribution in [0.25, 0.3) is 0 Å². The Labute approximate surface area is 144 Å². The van der Waals surface area contributed by atoms with Gasteiger partial charge in [0.1, 0.15) is 18.9 Å². The first-order valence-corrected chi connectivity index (χ1v) is 9.03. The molecule has 0 amide bonds. The van der Waals surface area contributed by atoms with Crippen LogP contribution in [0.1, 0.15) is 17.4 Å². The molecule has 0 aliphatic carbocycles. The van der Waals surface area contributed by atoms with Crippen LogP contribution >= 0.6 is 0 Å². The molecule has 1 aliphatic heterocycles. The van der Waals surface area contributed by atoms with E-state index in [1.165, 1.54) is 30.5 Å². The molecule has 9 heteroatoms. The van der Waals surface area contributed by atoms with Gasteiger partial charge in [-0.1, -0.05) is 0 Å². The third kappa shape index (κ3) is 3.82. The fourth-order valence-corrected chi connectivity index (χ4v) is 3.24. The molecule has 2 aromatic rings. The fourth-order valence-electron chi connectivity index (χ4n) is 2.18. The summed E-state index contributed by atoms with van der Waals surface area (Å²) in [5.74, 6) is 0.319. The number of nitrogens with one attached hydrogen (secondary N) is 1. The van der Waals surface area contributed by atoms with E-state index in [1.807, 2.05) is 0 Å². The number of hydrogen-bond acceptors (Lipinski definition) is 7. The summed E-state index contributed by atoms with van der Waals surface area (Å²) in [6, 6.07) is 7.20.